The number of fused-ring (bicyclic) bond motifs is 4. The fraction of sp³-hybridized carbons (Fsp3) is 0.511. The van der Waals surface area contributed by atoms with Crippen molar-refractivity contribution in [1.29, 1.82) is 0 Å². The number of aromatic nitrogens is 4. The second-order valence-corrected chi connectivity index (χ2v) is 20.2. The molecule has 0 radical (unpaired) electrons. The fourth-order valence-electron chi connectivity index (χ4n) is 9.10. The van der Waals surface area contributed by atoms with Crippen molar-refractivity contribution in [2.75, 3.05) is 59.9 Å². The number of rotatable bonds is 15. The van der Waals surface area contributed by atoms with Crippen molar-refractivity contribution < 1.29 is 50.6 Å². The summed E-state index contributed by atoms with van der Waals surface area (Å²) in [5.41, 5.74) is 11.2. The van der Waals surface area contributed by atoms with Crippen LogP contribution in [-0.2, 0) is 106 Å². The van der Waals surface area contributed by atoms with Gasteiger partial charge in [-0.2, -0.15) is 27.0 Å². The van der Waals surface area contributed by atoms with Crippen LogP contribution in [0.15, 0.2) is 34.3 Å². The van der Waals surface area contributed by atoms with Crippen molar-refractivity contribution in [1.82, 2.24) is 39.2 Å². The molecule has 0 unspecified atom stereocenters. The molecule has 0 spiro atoms. The number of nitrogens with zero attached hydrogens (tertiary/aromatic N) is 5. The lowest BCUT2D eigenvalue weighted by Gasteiger charge is -2.16. The lowest BCUT2D eigenvalue weighted by molar-refractivity contribution is -0.118. The van der Waals surface area contributed by atoms with Crippen molar-refractivity contribution in [3.63, 3.8) is 0 Å². The van der Waals surface area contributed by atoms with Crippen LogP contribution in [-0.4, -0.2) is 125 Å². The number of ether oxygens (including phenoxy) is 2. The molecule has 2 heterocycles. The number of benzene rings is 2. The summed E-state index contributed by atoms with van der Waals surface area (Å²) < 4.78 is 66.6. The largest absolute Gasteiger partial charge is 0.477 e. The van der Waals surface area contributed by atoms with Crippen LogP contribution in [0.3, 0.4) is 0 Å². The number of sulfonamides is 2. The van der Waals surface area contributed by atoms with Crippen LogP contribution >= 0.6 is 0 Å². The molecule has 0 bridgehead atoms. The molecule has 2 aromatic heterocycles. The molecule has 4 aliphatic carbocycles. The van der Waals surface area contributed by atoms with Gasteiger partial charge in [-0.1, -0.05) is 12.1 Å². The summed E-state index contributed by atoms with van der Waals surface area (Å²) in [5.74, 6) is -2.28. The molecular formula is C45H61N9O11S2. The van der Waals surface area contributed by atoms with Crippen LogP contribution < -0.4 is 20.1 Å². The molecule has 0 aliphatic heterocycles. The quantitative estimate of drug-likeness (QED) is 0.107. The van der Waals surface area contributed by atoms with Gasteiger partial charge >= 0.3 is 12.0 Å². The zero-order valence-electron chi connectivity index (χ0n) is 38.9. The Balaban J connectivity index is 0.000000199. The van der Waals surface area contributed by atoms with E-state index in [1.807, 2.05) is 11.8 Å². The molecule has 0 atom stereocenters. The summed E-state index contributed by atoms with van der Waals surface area (Å²) in [7, 11) is 1.03. The van der Waals surface area contributed by atoms with Gasteiger partial charge in [0.25, 0.3) is 26.0 Å². The van der Waals surface area contributed by atoms with Crippen molar-refractivity contribution in [2.45, 2.75) is 93.5 Å². The third-order valence-corrected chi connectivity index (χ3v) is 14.8. The van der Waals surface area contributed by atoms with Gasteiger partial charge < -0.3 is 30.1 Å². The summed E-state index contributed by atoms with van der Waals surface area (Å²) in [6, 6.07) is 5.72. The molecule has 0 saturated heterocycles. The van der Waals surface area contributed by atoms with E-state index in [0.29, 0.717) is 13.2 Å². The molecule has 2 aromatic carbocycles. The van der Waals surface area contributed by atoms with E-state index < -0.39 is 43.0 Å². The Bertz CT molecular complexity index is 2680. The zero-order valence-corrected chi connectivity index (χ0v) is 40.5. The average Bonchev–Trinajstić information content (AvgIpc) is 4.14. The number of hydrogen-bond acceptors (Lipinski definition) is 13. The van der Waals surface area contributed by atoms with E-state index in [9.17, 15) is 36.0 Å². The molecule has 364 valence electrons. The van der Waals surface area contributed by atoms with Crippen molar-refractivity contribution in [2.24, 2.45) is 14.1 Å². The predicted octanol–water partition coefficient (Wildman–Crippen LogP) is 2.62. The molecule has 4 aromatic rings. The third kappa shape index (κ3) is 11.9. The maximum atomic E-state index is 12.9. The number of anilines is 1. The number of urea groups is 1. The number of amides is 4. The molecule has 67 heavy (non-hydrogen) atoms. The van der Waals surface area contributed by atoms with Crippen LogP contribution in [0.4, 0.5) is 10.5 Å². The zero-order chi connectivity index (χ0) is 48.6. The summed E-state index contributed by atoms with van der Waals surface area (Å²) in [6.07, 6.45) is 11.7. The van der Waals surface area contributed by atoms with Crippen LogP contribution in [0.5, 0.6) is 0 Å². The number of carbonyl (C=O) groups is 4. The summed E-state index contributed by atoms with van der Waals surface area (Å²) in [5, 5.41) is 21.5. The standard InChI is InChI=1S/C23H30N4O5S.C18H20N4O5S.C4H11NO/c1-26(10-11-32-3)23(29)20-14-22(24-27(20)2)33(30,31)25-21(28)13-19-17-8-4-6-15(17)12-16-7-5-9-18(16)19;1-22-14(17(23)24)9-15(20-22)28(26,27)21-18(25)19-16-12-6-2-4-10(12)8-11-5-3-7-13(11)16;1-5-3-4-6-2/h12,14H,4-11,13H2,1-3H3,(H,25,28);8-9H,2-7H2,1H3,(H,23,24)(H2,19,21,25);5H,3-4H2,1-2H3. The molecule has 0 saturated carbocycles. The normalized spacial score (nSPS) is 14.4. The summed E-state index contributed by atoms with van der Waals surface area (Å²) >= 11 is 0. The topological polar surface area (TPSA) is 262 Å². The molecule has 5 N–H and O–H groups in total. The molecule has 20 nitrogen and oxygen atoms in total. The van der Waals surface area contributed by atoms with E-state index in [-0.39, 0.29) is 28.7 Å². The maximum absolute atomic E-state index is 12.9. The van der Waals surface area contributed by atoms with Crippen LogP contribution in [0, 0.1) is 0 Å². The highest BCUT2D eigenvalue weighted by Crippen LogP contribution is 2.39. The van der Waals surface area contributed by atoms with E-state index >= 15 is 0 Å². The van der Waals surface area contributed by atoms with E-state index in [0.717, 1.165) is 123 Å². The van der Waals surface area contributed by atoms with Crippen LogP contribution in [0.25, 0.3) is 0 Å². The first-order valence-electron chi connectivity index (χ1n) is 22.3. The monoisotopic (exact) mass is 967 g/mol. The number of methoxy groups -OCH3 is 2. The van der Waals surface area contributed by atoms with E-state index in [2.05, 4.69) is 37.7 Å². The Labute approximate surface area is 391 Å². The van der Waals surface area contributed by atoms with Gasteiger partial charge in [0.2, 0.25) is 5.91 Å². The second-order valence-electron chi connectivity index (χ2n) is 16.9. The number of hydrogen-bond donors (Lipinski definition) is 5. The number of carboxylic acid groups (broad SMARTS) is 1. The Kier molecular flexibility index (Phi) is 16.6. The molecule has 22 heteroatoms. The number of aromatic carboxylic acids is 1. The molecule has 0 fully saturated rings. The Morgan fingerprint density at radius 3 is 1.61 bits per heavy atom. The highest BCUT2D eigenvalue weighted by Gasteiger charge is 2.31. The van der Waals surface area contributed by atoms with Crippen molar-refractivity contribution in [3.05, 3.63) is 85.7 Å². The number of carbonyl (C=O) groups excluding carboxylic acids is 3. The van der Waals surface area contributed by atoms with Gasteiger partial charge in [0.1, 0.15) is 11.4 Å². The number of nitrogens with one attached hydrogen (secondary N) is 4. The minimum absolute atomic E-state index is 0.0309. The highest BCUT2D eigenvalue weighted by molar-refractivity contribution is 7.90. The van der Waals surface area contributed by atoms with Gasteiger partial charge in [-0.05, 0) is 134 Å². The molecule has 4 aliphatic rings. The molecule has 4 amide bonds. The smallest absolute Gasteiger partial charge is 0.354 e. The lowest BCUT2D eigenvalue weighted by atomic mass is 9.92. The van der Waals surface area contributed by atoms with E-state index in [4.69, 9.17) is 14.6 Å². The number of aryl methyl sites for hydroxylation is 6. The Morgan fingerprint density at radius 1 is 0.687 bits per heavy atom. The van der Waals surface area contributed by atoms with Crippen LogP contribution in [0.1, 0.15) is 96.7 Å². The summed E-state index contributed by atoms with van der Waals surface area (Å²) in [6.45, 7) is 2.45. The van der Waals surface area contributed by atoms with E-state index in [1.54, 1.807) is 14.2 Å². The van der Waals surface area contributed by atoms with E-state index in [1.165, 1.54) is 70.2 Å². The van der Waals surface area contributed by atoms with Gasteiger partial charge in [0, 0.05) is 66.3 Å². The van der Waals surface area contributed by atoms with Gasteiger partial charge in [-0.3, -0.25) is 19.0 Å². The average molecular weight is 968 g/mol. The minimum Gasteiger partial charge on any atom is -0.477 e. The Morgan fingerprint density at radius 2 is 1.15 bits per heavy atom. The number of likely N-dealkylation sites (N-methyl/N-ethyl adjacent to an activating group) is 2. The second kappa shape index (κ2) is 22.0. The fourth-order valence-corrected chi connectivity index (χ4v) is 11.0. The van der Waals surface area contributed by atoms with Crippen molar-refractivity contribution >= 4 is 49.5 Å². The SMILES string of the molecule is CNCCOC.COCCN(C)C(=O)c1cc(S(=O)(=O)NC(=O)Cc2c3c(cc4c2CCC4)CCC3)nn1C.Cn1nc(S(=O)(=O)NC(=O)Nc2c3c(cc4c2CCC4)CCC3)cc1C(=O)O. The van der Waals surface area contributed by atoms with Gasteiger partial charge in [0.05, 0.1) is 19.6 Å². The first-order valence-corrected chi connectivity index (χ1v) is 25.3. The number of carboxylic acids is 1. The third-order valence-electron chi connectivity index (χ3n) is 12.4. The lowest BCUT2D eigenvalue weighted by Crippen LogP contribution is -2.35. The first kappa shape index (κ1) is 50.7. The van der Waals surface area contributed by atoms with Gasteiger partial charge in [-0.15, -0.1) is 0 Å². The van der Waals surface area contributed by atoms with Crippen molar-refractivity contribution in [3.8, 4) is 0 Å². The maximum Gasteiger partial charge on any atom is 0.354 e. The van der Waals surface area contributed by atoms with Gasteiger partial charge in [-0.25, -0.2) is 19.0 Å². The Hall–Kier alpha value is -5.68. The minimum atomic E-state index is -4.30. The summed E-state index contributed by atoms with van der Waals surface area (Å²) in [4.78, 5) is 50.4. The van der Waals surface area contributed by atoms with Crippen LogP contribution in [0.2, 0.25) is 0 Å². The predicted molar refractivity (Wildman–Crippen MR) is 247 cm³/mol. The first-order chi connectivity index (χ1) is 31.9. The molecular weight excluding hydrogens is 907 g/mol. The van der Waals surface area contributed by atoms with Gasteiger partial charge in [0.15, 0.2) is 10.1 Å². The molecule has 8 rings (SSSR count). The highest BCUT2D eigenvalue weighted by atomic mass is 32.2.